The third-order valence-electron chi connectivity index (χ3n) is 2.79. The van der Waals surface area contributed by atoms with Crippen molar-refractivity contribution >= 4 is 6.03 Å². The van der Waals surface area contributed by atoms with Crippen molar-refractivity contribution in [2.45, 2.75) is 32.2 Å². The second-order valence-corrected chi connectivity index (χ2v) is 3.38. The third kappa shape index (κ3) is 1.64. The number of amides is 2. The van der Waals surface area contributed by atoms with E-state index >= 15 is 0 Å². The number of carbonyl (C=O) groups is 1. The summed E-state index contributed by atoms with van der Waals surface area (Å²) >= 11 is 0. The molecule has 64 valence electrons. The summed E-state index contributed by atoms with van der Waals surface area (Å²) in [5.74, 6) is 0.687. The first-order valence-corrected chi connectivity index (χ1v) is 4.15. The van der Waals surface area contributed by atoms with Crippen LogP contribution in [0.4, 0.5) is 4.79 Å². The number of urea groups is 1. The van der Waals surface area contributed by atoms with Crippen LogP contribution in [0.1, 0.15) is 26.2 Å². The molecule has 2 N–H and O–H groups in total. The highest BCUT2D eigenvalue weighted by Crippen LogP contribution is 2.31. The molecule has 0 saturated heterocycles. The van der Waals surface area contributed by atoms with Gasteiger partial charge in [0, 0.05) is 13.1 Å². The average Bonchev–Trinajstić information content (AvgIpc) is 1.82. The molecule has 3 heteroatoms. The van der Waals surface area contributed by atoms with Crippen molar-refractivity contribution in [3.63, 3.8) is 0 Å². The highest BCUT2D eigenvalue weighted by Gasteiger charge is 2.27. The van der Waals surface area contributed by atoms with Crippen molar-refractivity contribution < 1.29 is 4.79 Å². The van der Waals surface area contributed by atoms with Gasteiger partial charge in [-0.3, -0.25) is 0 Å². The van der Waals surface area contributed by atoms with E-state index in [4.69, 9.17) is 5.73 Å². The van der Waals surface area contributed by atoms with Gasteiger partial charge in [-0.15, -0.1) is 0 Å². The third-order valence-corrected chi connectivity index (χ3v) is 2.79. The fourth-order valence-electron chi connectivity index (χ4n) is 1.44. The maximum atomic E-state index is 10.7. The zero-order valence-electron chi connectivity index (χ0n) is 7.21. The van der Waals surface area contributed by atoms with Gasteiger partial charge in [-0.05, 0) is 25.7 Å². The number of hydrogen-bond acceptors (Lipinski definition) is 1. The number of primary amides is 1. The summed E-state index contributed by atoms with van der Waals surface area (Å²) in [6.45, 7) is 2.06. The molecule has 0 aliphatic heterocycles. The van der Waals surface area contributed by atoms with E-state index in [-0.39, 0.29) is 6.03 Å². The lowest BCUT2D eigenvalue weighted by atomic mass is 9.80. The van der Waals surface area contributed by atoms with Crippen LogP contribution in [0.25, 0.3) is 0 Å². The molecule has 0 aromatic heterocycles. The molecule has 11 heavy (non-hydrogen) atoms. The van der Waals surface area contributed by atoms with E-state index in [1.165, 1.54) is 19.3 Å². The minimum Gasteiger partial charge on any atom is -0.351 e. The summed E-state index contributed by atoms with van der Waals surface area (Å²) in [4.78, 5) is 12.4. The monoisotopic (exact) mass is 156 g/mol. The van der Waals surface area contributed by atoms with Crippen molar-refractivity contribution in [3.05, 3.63) is 0 Å². The Kier molecular flexibility index (Phi) is 2.37. The highest BCUT2D eigenvalue weighted by atomic mass is 16.2. The number of rotatable bonds is 2. The van der Waals surface area contributed by atoms with Crippen LogP contribution in [0, 0.1) is 5.92 Å². The van der Waals surface area contributed by atoms with Crippen LogP contribution in [0.5, 0.6) is 0 Å². The minimum atomic E-state index is -0.315. The Balaban J connectivity index is 2.38. The van der Waals surface area contributed by atoms with Gasteiger partial charge >= 0.3 is 6.03 Å². The molecule has 0 aromatic carbocycles. The Bertz CT molecular complexity index is 154. The van der Waals surface area contributed by atoms with Crippen LogP contribution < -0.4 is 5.73 Å². The molecule has 1 saturated carbocycles. The molecule has 1 unspecified atom stereocenters. The van der Waals surface area contributed by atoms with E-state index in [2.05, 4.69) is 6.92 Å². The fourth-order valence-corrected chi connectivity index (χ4v) is 1.44. The molecule has 0 heterocycles. The Hall–Kier alpha value is -0.730. The van der Waals surface area contributed by atoms with E-state index in [9.17, 15) is 4.79 Å². The fraction of sp³-hybridized carbons (Fsp3) is 0.875. The van der Waals surface area contributed by atoms with Gasteiger partial charge in [0.2, 0.25) is 0 Å². The second kappa shape index (κ2) is 3.11. The molecule has 0 spiro atoms. The predicted molar refractivity (Wildman–Crippen MR) is 44.1 cm³/mol. The zero-order valence-corrected chi connectivity index (χ0v) is 7.21. The smallest absolute Gasteiger partial charge is 0.314 e. The topological polar surface area (TPSA) is 46.3 Å². The van der Waals surface area contributed by atoms with Gasteiger partial charge in [-0.25, -0.2) is 4.79 Å². The molecule has 0 aromatic rings. The quantitative estimate of drug-likeness (QED) is 0.641. The second-order valence-electron chi connectivity index (χ2n) is 3.38. The van der Waals surface area contributed by atoms with E-state index in [0.717, 1.165) is 0 Å². The summed E-state index contributed by atoms with van der Waals surface area (Å²) in [6.07, 6.45) is 3.80. The molecule has 0 bridgehead atoms. The molecule has 1 atom stereocenters. The Labute approximate surface area is 67.5 Å². The lowest BCUT2D eigenvalue weighted by Gasteiger charge is -2.36. The molecular formula is C8H16N2O. The van der Waals surface area contributed by atoms with E-state index in [1.54, 1.807) is 11.9 Å². The van der Waals surface area contributed by atoms with Gasteiger partial charge in [-0.1, -0.05) is 6.42 Å². The van der Waals surface area contributed by atoms with E-state index in [0.29, 0.717) is 12.0 Å². The molecule has 1 rings (SSSR count). The van der Waals surface area contributed by atoms with Crippen LogP contribution in [-0.4, -0.2) is 24.0 Å². The number of hydrogen-bond donors (Lipinski definition) is 1. The standard InChI is InChI=1S/C8H16N2O/c1-6(7-4-3-5-7)10(2)8(9)11/h6-7H,3-5H2,1-2H3,(H2,9,11). The van der Waals surface area contributed by atoms with Gasteiger partial charge in [0.1, 0.15) is 0 Å². The van der Waals surface area contributed by atoms with Crippen LogP contribution in [0.2, 0.25) is 0 Å². The number of nitrogens with zero attached hydrogens (tertiary/aromatic N) is 1. The molecule has 1 aliphatic rings. The maximum Gasteiger partial charge on any atom is 0.314 e. The summed E-state index contributed by atoms with van der Waals surface area (Å²) in [5.41, 5.74) is 5.14. The minimum absolute atomic E-state index is 0.315. The Morgan fingerprint density at radius 1 is 1.64 bits per heavy atom. The van der Waals surface area contributed by atoms with Gasteiger partial charge in [-0.2, -0.15) is 0 Å². The van der Waals surface area contributed by atoms with Crippen molar-refractivity contribution in [3.8, 4) is 0 Å². The summed E-state index contributed by atoms with van der Waals surface area (Å²) in [6, 6.07) is 0.00523. The van der Waals surface area contributed by atoms with Crippen LogP contribution in [-0.2, 0) is 0 Å². The predicted octanol–water partition coefficient (Wildman–Crippen LogP) is 1.19. The normalized spacial score (nSPS) is 20.5. The molecule has 2 amide bonds. The van der Waals surface area contributed by atoms with Crippen LogP contribution in [0.3, 0.4) is 0 Å². The van der Waals surface area contributed by atoms with Crippen molar-refractivity contribution in [1.29, 1.82) is 0 Å². The summed E-state index contributed by atoms with van der Waals surface area (Å²) in [7, 11) is 1.77. The molecule has 3 nitrogen and oxygen atoms in total. The molecule has 1 aliphatic carbocycles. The molecule has 1 fully saturated rings. The SMILES string of the molecule is CC(C1CCC1)N(C)C(N)=O. The van der Waals surface area contributed by atoms with Crippen molar-refractivity contribution in [2.24, 2.45) is 11.7 Å². The first kappa shape index (κ1) is 8.37. The van der Waals surface area contributed by atoms with Gasteiger partial charge in [0.15, 0.2) is 0 Å². The van der Waals surface area contributed by atoms with Gasteiger partial charge in [0.05, 0.1) is 0 Å². The number of carbonyl (C=O) groups excluding carboxylic acids is 1. The Morgan fingerprint density at radius 2 is 2.18 bits per heavy atom. The van der Waals surface area contributed by atoms with Gasteiger partial charge < -0.3 is 10.6 Å². The largest absolute Gasteiger partial charge is 0.351 e. The van der Waals surface area contributed by atoms with Crippen LogP contribution >= 0.6 is 0 Å². The zero-order chi connectivity index (χ0) is 8.43. The lowest BCUT2D eigenvalue weighted by molar-refractivity contribution is 0.145. The van der Waals surface area contributed by atoms with Gasteiger partial charge in [0.25, 0.3) is 0 Å². The first-order valence-electron chi connectivity index (χ1n) is 4.15. The number of nitrogens with two attached hydrogens (primary N) is 1. The van der Waals surface area contributed by atoms with Crippen molar-refractivity contribution in [1.82, 2.24) is 4.90 Å². The van der Waals surface area contributed by atoms with Crippen LogP contribution in [0.15, 0.2) is 0 Å². The summed E-state index contributed by atoms with van der Waals surface area (Å²) < 4.78 is 0. The molecular weight excluding hydrogens is 140 g/mol. The Morgan fingerprint density at radius 3 is 2.45 bits per heavy atom. The average molecular weight is 156 g/mol. The van der Waals surface area contributed by atoms with E-state index < -0.39 is 0 Å². The van der Waals surface area contributed by atoms with E-state index in [1.807, 2.05) is 0 Å². The lowest BCUT2D eigenvalue weighted by Crippen LogP contribution is -2.44. The highest BCUT2D eigenvalue weighted by molar-refractivity contribution is 5.71. The first-order chi connectivity index (χ1) is 5.13. The van der Waals surface area contributed by atoms with Crippen molar-refractivity contribution in [2.75, 3.05) is 7.05 Å². The maximum absolute atomic E-state index is 10.7. The molecule has 0 radical (unpaired) electrons. The summed E-state index contributed by atoms with van der Waals surface area (Å²) in [5, 5.41) is 0.